The first-order valence-corrected chi connectivity index (χ1v) is 10.0. The summed E-state index contributed by atoms with van der Waals surface area (Å²) in [4.78, 5) is 20.9. The summed E-state index contributed by atoms with van der Waals surface area (Å²) in [5, 5.41) is 0.657. The molecule has 0 spiro atoms. The van der Waals surface area contributed by atoms with Gasteiger partial charge in [-0.05, 0) is 26.0 Å². The van der Waals surface area contributed by atoms with Crippen molar-refractivity contribution >= 4 is 32.6 Å². The predicted octanol–water partition coefficient (Wildman–Crippen LogP) is 1.45. The highest BCUT2D eigenvalue weighted by molar-refractivity contribution is 7.22. The summed E-state index contributed by atoms with van der Waals surface area (Å²) in [7, 11) is 1.63. The number of amides is 1. The molecule has 2 aromatic rings. The first-order valence-electron chi connectivity index (χ1n) is 9.20. The van der Waals surface area contributed by atoms with Crippen LogP contribution in [0.1, 0.15) is 13.8 Å². The van der Waals surface area contributed by atoms with Crippen LogP contribution in [0.4, 0.5) is 5.13 Å². The maximum Gasteiger partial charge on any atom is 0.298 e. The molecule has 0 unspecified atom stereocenters. The van der Waals surface area contributed by atoms with Gasteiger partial charge in [-0.2, -0.15) is 0 Å². The standard InChI is InChI=1S/C19H25N3O4S/c1-4-21(5-2)8-9-22(18(23)16-13-25-10-11-26-16)19-20-15-12-14(24-3)6-7-17(15)27-19/h6-7,12-13H,4-5,8-11H2,1-3H3/p+1. The molecule has 1 N–H and O–H groups in total. The van der Waals surface area contributed by atoms with E-state index in [4.69, 9.17) is 14.2 Å². The molecule has 0 bridgehead atoms. The fourth-order valence-electron chi connectivity index (χ4n) is 2.91. The molecule has 0 fully saturated rings. The molecule has 1 aromatic carbocycles. The molecule has 7 nitrogen and oxygen atoms in total. The van der Waals surface area contributed by atoms with Gasteiger partial charge in [-0.1, -0.05) is 11.3 Å². The van der Waals surface area contributed by atoms with Crippen molar-refractivity contribution in [3.05, 3.63) is 30.2 Å². The number of thiazole rings is 1. The van der Waals surface area contributed by atoms with Crippen LogP contribution >= 0.6 is 11.3 Å². The van der Waals surface area contributed by atoms with E-state index in [2.05, 4.69) is 18.8 Å². The van der Waals surface area contributed by atoms with Crippen molar-refractivity contribution in [2.24, 2.45) is 0 Å². The van der Waals surface area contributed by atoms with Gasteiger partial charge in [0.05, 0.1) is 43.5 Å². The third-order valence-electron chi connectivity index (χ3n) is 4.61. The number of hydrogen-bond acceptors (Lipinski definition) is 6. The van der Waals surface area contributed by atoms with Gasteiger partial charge in [0.15, 0.2) is 5.13 Å². The molecule has 1 aromatic heterocycles. The molecular weight excluding hydrogens is 366 g/mol. The Kier molecular flexibility index (Phi) is 6.52. The van der Waals surface area contributed by atoms with Crippen molar-refractivity contribution < 1.29 is 23.9 Å². The van der Waals surface area contributed by atoms with E-state index < -0.39 is 0 Å². The maximum absolute atomic E-state index is 13.1. The summed E-state index contributed by atoms with van der Waals surface area (Å²) in [6, 6.07) is 5.75. The van der Waals surface area contributed by atoms with Crippen LogP contribution in [0.3, 0.4) is 0 Å². The number of likely N-dealkylation sites (N-methyl/N-ethyl adjacent to an activating group) is 1. The molecule has 0 saturated carbocycles. The second-order valence-electron chi connectivity index (χ2n) is 6.20. The molecule has 8 heteroatoms. The van der Waals surface area contributed by atoms with E-state index in [1.807, 2.05) is 18.2 Å². The van der Waals surface area contributed by atoms with E-state index in [1.165, 1.54) is 22.5 Å². The minimum Gasteiger partial charge on any atom is -0.497 e. The second-order valence-corrected chi connectivity index (χ2v) is 7.20. The molecule has 3 rings (SSSR count). The molecule has 146 valence electrons. The molecule has 0 atom stereocenters. The predicted molar refractivity (Wildman–Crippen MR) is 105 cm³/mol. The second kappa shape index (κ2) is 9.05. The number of rotatable bonds is 8. The molecule has 2 heterocycles. The van der Waals surface area contributed by atoms with Crippen LogP contribution in [0.5, 0.6) is 5.75 Å². The summed E-state index contributed by atoms with van der Waals surface area (Å²) in [5.41, 5.74) is 0.817. The van der Waals surface area contributed by atoms with E-state index >= 15 is 0 Å². The van der Waals surface area contributed by atoms with Gasteiger partial charge in [0.2, 0.25) is 5.76 Å². The minimum absolute atomic E-state index is 0.215. The lowest BCUT2D eigenvalue weighted by atomic mass is 10.3. The van der Waals surface area contributed by atoms with Gasteiger partial charge in [-0.3, -0.25) is 9.69 Å². The molecule has 27 heavy (non-hydrogen) atoms. The Morgan fingerprint density at radius 1 is 1.33 bits per heavy atom. The lowest BCUT2D eigenvalue weighted by molar-refractivity contribution is -0.894. The van der Waals surface area contributed by atoms with Crippen molar-refractivity contribution in [1.82, 2.24) is 4.98 Å². The zero-order valence-corrected chi connectivity index (χ0v) is 16.8. The largest absolute Gasteiger partial charge is 0.497 e. The molecular formula is C19H26N3O4S+. The molecule has 1 amide bonds. The van der Waals surface area contributed by atoms with Crippen LogP contribution in [0.25, 0.3) is 10.2 Å². The van der Waals surface area contributed by atoms with Gasteiger partial charge in [-0.25, -0.2) is 4.98 Å². The van der Waals surface area contributed by atoms with Crippen LogP contribution in [0.15, 0.2) is 30.2 Å². The molecule has 0 saturated heterocycles. The minimum atomic E-state index is -0.215. The third kappa shape index (κ3) is 4.51. The Morgan fingerprint density at radius 3 is 2.81 bits per heavy atom. The van der Waals surface area contributed by atoms with E-state index in [0.717, 1.165) is 35.6 Å². The van der Waals surface area contributed by atoms with E-state index in [9.17, 15) is 4.79 Å². The molecule has 0 radical (unpaired) electrons. The smallest absolute Gasteiger partial charge is 0.298 e. The highest BCUT2D eigenvalue weighted by Gasteiger charge is 2.27. The van der Waals surface area contributed by atoms with Crippen molar-refractivity contribution in [1.29, 1.82) is 0 Å². The monoisotopic (exact) mass is 392 g/mol. The zero-order valence-electron chi connectivity index (χ0n) is 16.0. The number of ether oxygens (including phenoxy) is 3. The van der Waals surface area contributed by atoms with Crippen LogP contribution < -0.4 is 14.5 Å². The topological polar surface area (TPSA) is 65.3 Å². The number of carbonyl (C=O) groups excluding carboxylic acids is 1. The average molecular weight is 393 g/mol. The zero-order chi connectivity index (χ0) is 19.2. The summed E-state index contributed by atoms with van der Waals surface area (Å²) < 4.78 is 17.1. The number of hydrogen-bond donors (Lipinski definition) is 1. The Morgan fingerprint density at radius 2 is 2.15 bits per heavy atom. The Bertz CT molecular complexity index is 816. The van der Waals surface area contributed by atoms with Crippen LogP contribution in [-0.2, 0) is 14.3 Å². The molecule has 1 aliphatic heterocycles. The van der Waals surface area contributed by atoms with E-state index in [-0.39, 0.29) is 11.7 Å². The van der Waals surface area contributed by atoms with Gasteiger partial charge in [0, 0.05) is 6.07 Å². The van der Waals surface area contributed by atoms with Gasteiger partial charge >= 0.3 is 0 Å². The quantitative estimate of drug-likeness (QED) is 0.737. The summed E-state index contributed by atoms with van der Waals surface area (Å²) in [5.74, 6) is 0.761. The van der Waals surface area contributed by atoms with Crippen LogP contribution in [0, 0.1) is 0 Å². The van der Waals surface area contributed by atoms with Crippen molar-refractivity contribution in [2.45, 2.75) is 13.8 Å². The SMILES string of the molecule is CC[NH+](CC)CCN(C(=O)C1=COCCO1)c1nc2cc(OC)ccc2s1. The van der Waals surface area contributed by atoms with E-state index in [1.54, 1.807) is 12.0 Å². The fraction of sp³-hybridized carbons (Fsp3) is 0.474. The third-order valence-corrected chi connectivity index (χ3v) is 5.67. The van der Waals surface area contributed by atoms with Crippen molar-refractivity contribution in [3.63, 3.8) is 0 Å². The summed E-state index contributed by atoms with van der Waals surface area (Å²) in [6.07, 6.45) is 1.40. The first kappa shape index (κ1) is 19.4. The normalized spacial score (nSPS) is 13.9. The van der Waals surface area contributed by atoms with Crippen LogP contribution in [0.2, 0.25) is 0 Å². The average Bonchev–Trinajstić information content (AvgIpc) is 3.14. The Labute approximate surface area is 163 Å². The van der Waals surface area contributed by atoms with Gasteiger partial charge in [0.25, 0.3) is 5.91 Å². The Balaban J connectivity index is 1.90. The number of nitrogens with zero attached hydrogens (tertiary/aromatic N) is 2. The number of quaternary nitrogens is 1. The lowest BCUT2D eigenvalue weighted by Crippen LogP contribution is -3.12. The first-order chi connectivity index (χ1) is 13.2. The van der Waals surface area contributed by atoms with Crippen molar-refractivity contribution in [2.75, 3.05) is 51.4 Å². The van der Waals surface area contributed by atoms with Gasteiger partial charge < -0.3 is 19.1 Å². The number of aromatic nitrogens is 1. The summed E-state index contributed by atoms with van der Waals surface area (Å²) >= 11 is 1.49. The number of fused-ring (bicyclic) bond motifs is 1. The number of benzene rings is 1. The highest BCUT2D eigenvalue weighted by atomic mass is 32.1. The van der Waals surface area contributed by atoms with Gasteiger partial charge in [-0.15, -0.1) is 0 Å². The number of carbonyl (C=O) groups is 1. The lowest BCUT2D eigenvalue weighted by Gasteiger charge is -2.24. The van der Waals surface area contributed by atoms with E-state index in [0.29, 0.717) is 24.9 Å². The van der Waals surface area contributed by atoms with Crippen LogP contribution in [-0.4, -0.2) is 57.4 Å². The number of nitrogens with one attached hydrogen (secondary N) is 1. The molecule has 1 aliphatic rings. The highest BCUT2D eigenvalue weighted by Crippen LogP contribution is 2.31. The number of anilines is 1. The molecule has 0 aliphatic carbocycles. The fourth-order valence-corrected chi connectivity index (χ4v) is 3.88. The maximum atomic E-state index is 13.1. The van der Waals surface area contributed by atoms with Crippen molar-refractivity contribution in [3.8, 4) is 5.75 Å². The van der Waals surface area contributed by atoms with Gasteiger partial charge in [0.1, 0.15) is 25.2 Å². The number of methoxy groups -OCH3 is 1. The Hall–Kier alpha value is -2.32. The summed E-state index contributed by atoms with van der Waals surface area (Å²) in [6.45, 7) is 8.56.